The van der Waals surface area contributed by atoms with Crippen LogP contribution in [0.4, 0.5) is 5.69 Å². The van der Waals surface area contributed by atoms with Gasteiger partial charge in [-0.2, -0.15) is 0 Å². The first-order valence-electron chi connectivity index (χ1n) is 8.27. The Labute approximate surface area is 159 Å². The number of ether oxygens (including phenoxy) is 3. The normalized spacial score (nSPS) is 11.8. The first-order chi connectivity index (χ1) is 12.4. The Kier molecular flexibility index (Phi) is 6.75. The van der Waals surface area contributed by atoms with E-state index in [9.17, 15) is 4.79 Å². The zero-order chi connectivity index (χ0) is 19.3. The number of halogens is 1. The minimum absolute atomic E-state index is 0.109. The molecule has 0 spiro atoms. The lowest BCUT2D eigenvalue weighted by Gasteiger charge is -2.21. The number of anilines is 1. The van der Waals surface area contributed by atoms with Crippen molar-refractivity contribution < 1.29 is 19.0 Å². The van der Waals surface area contributed by atoms with Gasteiger partial charge in [0.2, 0.25) is 11.7 Å². The van der Waals surface area contributed by atoms with Gasteiger partial charge in [0.05, 0.1) is 27.2 Å². The Morgan fingerprint density at radius 3 is 1.92 bits per heavy atom. The first-order valence-corrected chi connectivity index (χ1v) is 8.65. The fourth-order valence-electron chi connectivity index (χ4n) is 2.88. The number of hydrogen-bond acceptors (Lipinski definition) is 4. The second-order valence-electron chi connectivity index (χ2n) is 6.18. The summed E-state index contributed by atoms with van der Waals surface area (Å²) in [6.45, 7) is 4.02. The topological polar surface area (TPSA) is 56.8 Å². The fraction of sp³-hybridized carbons (Fsp3) is 0.350. The van der Waals surface area contributed by atoms with E-state index < -0.39 is 0 Å². The van der Waals surface area contributed by atoms with Crippen molar-refractivity contribution in [1.82, 2.24) is 0 Å². The maximum absolute atomic E-state index is 12.9. The van der Waals surface area contributed by atoms with Crippen LogP contribution in [0, 0.1) is 5.92 Å². The molecule has 0 aliphatic carbocycles. The average Bonchev–Trinajstić information content (AvgIpc) is 2.62. The average molecular weight is 378 g/mol. The minimum Gasteiger partial charge on any atom is -0.493 e. The molecule has 2 aromatic carbocycles. The van der Waals surface area contributed by atoms with Crippen molar-refractivity contribution in [2.75, 3.05) is 26.6 Å². The molecular formula is C20H24ClNO4. The third-order valence-corrected chi connectivity index (χ3v) is 4.36. The van der Waals surface area contributed by atoms with Crippen LogP contribution in [0.3, 0.4) is 0 Å². The number of benzene rings is 2. The standard InChI is InChI=1S/C20H24ClNO4/c1-12(2)18(13-6-8-14(21)9-7-13)20(23)22-15-10-16(24-3)19(26-5)17(11-15)25-4/h6-12,18H,1-5H3,(H,22,23)/t18-/m0/s1. The van der Waals surface area contributed by atoms with Gasteiger partial charge in [-0.3, -0.25) is 4.79 Å². The lowest BCUT2D eigenvalue weighted by atomic mass is 9.87. The number of rotatable bonds is 7. The minimum atomic E-state index is -0.314. The van der Waals surface area contributed by atoms with Gasteiger partial charge >= 0.3 is 0 Å². The Balaban J connectivity index is 2.33. The molecule has 0 radical (unpaired) electrons. The van der Waals surface area contributed by atoms with Crippen LogP contribution in [0.25, 0.3) is 0 Å². The number of carbonyl (C=O) groups is 1. The molecule has 2 aromatic rings. The molecule has 0 aliphatic heterocycles. The van der Waals surface area contributed by atoms with Crippen molar-refractivity contribution in [3.8, 4) is 17.2 Å². The van der Waals surface area contributed by atoms with E-state index in [2.05, 4.69) is 5.32 Å². The molecule has 0 heterocycles. The van der Waals surface area contributed by atoms with Crippen LogP contribution in [-0.2, 0) is 4.79 Å². The first kappa shape index (κ1) is 19.9. The molecule has 1 atom stereocenters. The second kappa shape index (κ2) is 8.81. The monoisotopic (exact) mass is 377 g/mol. The van der Waals surface area contributed by atoms with Crippen molar-refractivity contribution >= 4 is 23.2 Å². The highest BCUT2D eigenvalue weighted by Crippen LogP contribution is 2.40. The number of carbonyl (C=O) groups excluding carboxylic acids is 1. The van der Waals surface area contributed by atoms with Gasteiger partial charge in [0.15, 0.2) is 11.5 Å². The summed E-state index contributed by atoms with van der Waals surface area (Å²) in [5, 5.41) is 3.59. The SMILES string of the molecule is COc1cc(NC(=O)[C@H](c2ccc(Cl)cc2)C(C)C)cc(OC)c1OC. The molecule has 0 unspecified atom stereocenters. The van der Waals surface area contributed by atoms with E-state index in [1.54, 1.807) is 24.3 Å². The molecule has 26 heavy (non-hydrogen) atoms. The number of hydrogen-bond donors (Lipinski definition) is 1. The van der Waals surface area contributed by atoms with Gasteiger partial charge in [0.1, 0.15) is 0 Å². The highest BCUT2D eigenvalue weighted by Gasteiger charge is 2.25. The van der Waals surface area contributed by atoms with Crippen LogP contribution in [0.1, 0.15) is 25.3 Å². The van der Waals surface area contributed by atoms with E-state index in [0.717, 1.165) is 5.56 Å². The smallest absolute Gasteiger partial charge is 0.232 e. The summed E-state index contributed by atoms with van der Waals surface area (Å²) in [4.78, 5) is 12.9. The van der Waals surface area contributed by atoms with Crippen LogP contribution in [0.5, 0.6) is 17.2 Å². The lowest BCUT2D eigenvalue weighted by molar-refractivity contribution is -0.118. The van der Waals surface area contributed by atoms with Crippen molar-refractivity contribution in [2.24, 2.45) is 5.92 Å². The molecule has 2 rings (SSSR count). The van der Waals surface area contributed by atoms with Crippen molar-refractivity contribution in [3.05, 3.63) is 47.0 Å². The Morgan fingerprint density at radius 1 is 0.962 bits per heavy atom. The molecule has 6 heteroatoms. The van der Waals surface area contributed by atoms with Crippen molar-refractivity contribution in [2.45, 2.75) is 19.8 Å². The van der Waals surface area contributed by atoms with E-state index in [1.165, 1.54) is 21.3 Å². The van der Waals surface area contributed by atoms with Gasteiger partial charge in [-0.25, -0.2) is 0 Å². The summed E-state index contributed by atoms with van der Waals surface area (Å²) >= 11 is 5.96. The molecule has 140 valence electrons. The maximum Gasteiger partial charge on any atom is 0.232 e. The number of methoxy groups -OCH3 is 3. The Hall–Kier alpha value is -2.40. The predicted octanol–water partition coefficient (Wildman–Crippen LogP) is 4.74. The molecule has 5 nitrogen and oxygen atoms in total. The van der Waals surface area contributed by atoms with Crippen LogP contribution < -0.4 is 19.5 Å². The second-order valence-corrected chi connectivity index (χ2v) is 6.61. The molecular weight excluding hydrogens is 354 g/mol. The summed E-state index contributed by atoms with van der Waals surface area (Å²) in [5.74, 6) is 1.12. The van der Waals surface area contributed by atoms with Gasteiger partial charge in [-0.15, -0.1) is 0 Å². The summed E-state index contributed by atoms with van der Waals surface area (Å²) in [6, 6.07) is 10.7. The molecule has 0 aromatic heterocycles. The zero-order valence-corrected chi connectivity index (χ0v) is 16.4. The highest BCUT2D eigenvalue weighted by molar-refractivity contribution is 6.30. The molecule has 0 aliphatic rings. The van der Waals surface area contributed by atoms with Gasteiger partial charge in [-0.05, 0) is 23.6 Å². The van der Waals surface area contributed by atoms with Gasteiger partial charge < -0.3 is 19.5 Å². The van der Waals surface area contributed by atoms with Gasteiger partial charge in [-0.1, -0.05) is 37.6 Å². The van der Waals surface area contributed by atoms with E-state index in [0.29, 0.717) is 28.0 Å². The van der Waals surface area contributed by atoms with Crippen LogP contribution in [0.2, 0.25) is 5.02 Å². The van der Waals surface area contributed by atoms with E-state index in [-0.39, 0.29) is 17.7 Å². The summed E-state index contributed by atoms with van der Waals surface area (Å²) in [7, 11) is 4.61. The Bertz CT molecular complexity index is 734. The van der Waals surface area contributed by atoms with Crippen molar-refractivity contribution in [3.63, 3.8) is 0 Å². The molecule has 1 N–H and O–H groups in total. The zero-order valence-electron chi connectivity index (χ0n) is 15.6. The lowest BCUT2D eigenvalue weighted by Crippen LogP contribution is -2.25. The molecule has 0 fully saturated rings. The van der Waals surface area contributed by atoms with Crippen LogP contribution in [-0.4, -0.2) is 27.2 Å². The Morgan fingerprint density at radius 2 is 1.50 bits per heavy atom. The summed E-state index contributed by atoms with van der Waals surface area (Å²) in [5.41, 5.74) is 1.48. The van der Waals surface area contributed by atoms with E-state index >= 15 is 0 Å². The summed E-state index contributed by atoms with van der Waals surface area (Å²) in [6.07, 6.45) is 0. The molecule has 0 saturated carbocycles. The molecule has 1 amide bonds. The largest absolute Gasteiger partial charge is 0.493 e. The van der Waals surface area contributed by atoms with Crippen LogP contribution >= 0.6 is 11.6 Å². The number of nitrogens with one attached hydrogen (secondary N) is 1. The quantitative estimate of drug-likeness (QED) is 0.756. The highest BCUT2D eigenvalue weighted by atomic mass is 35.5. The van der Waals surface area contributed by atoms with Gasteiger partial charge in [0.25, 0.3) is 0 Å². The van der Waals surface area contributed by atoms with E-state index in [4.69, 9.17) is 25.8 Å². The van der Waals surface area contributed by atoms with E-state index in [1.807, 2.05) is 26.0 Å². The number of amides is 1. The van der Waals surface area contributed by atoms with Gasteiger partial charge in [0, 0.05) is 22.8 Å². The third kappa shape index (κ3) is 4.41. The predicted molar refractivity (Wildman–Crippen MR) is 104 cm³/mol. The van der Waals surface area contributed by atoms with Crippen molar-refractivity contribution in [1.29, 1.82) is 0 Å². The third-order valence-electron chi connectivity index (χ3n) is 4.11. The molecule has 0 saturated heterocycles. The van der Waals surface area contributed by atoms with Crippen LogP contribution in [0.15, 0.2) is 36.4 Å². The maximum atomic E-state index is 12.9. The fourth-order valence-corrected chi connectivity index (χ4v) is 3.01. The summed E-state index contributed by atoms with van der Waals surface area (Å²) < 4.78 is 16.0. The molecule has 0 bridgehead atoms.